The first-order chi connectivity index (χ1) is 39.5. The van der Waals surface area contributed by atoms with E-state index < -0.39 is 12.1 Å². The first kappa shape index (κ1) is 78.3. The Morgan fingerprint density at radius 2 is 0.625 bits per heavy atom. The molecule has 474 valence electrons. The fourth-order valence-electron chi connectivity index (χ4n) is 11.7. The van der Waals surface area contributed by atoms with Crippen LogP contribution in [-0.4, -0.2) is 47.4 Å². The Labute approximate surface area is 501 Å². The molecule has 0 aliphatic rings. The predicted molar refractivity (Wildman–Crippen MR) is 352 cm³/mol. The van der Waals surface area contributed by atoms with Crippen LogP contribution < -0.4 is 5.32 Å². The van der Waals surface area contributed by atoms with Gasteiger partial charge in [-0.05, 0) is 57.8 Å². The molecule has 0 spiro atoms. The third-order valence-corrected chi connectivity index (χ3v) is 17.3. The molecule has 0 radical (unpaired) electrons. The number of allylic oxidation sites excluding steroid dienone is 4. The highest BCUT2D eigenvalue weighted by molar-refractivity contribution is 5.76. The number of hydrogen-bond acceptors (Lipinski definition) is 5. The molecule has 6 nitrogen and oxygen atoms in total. The van der Waals surface area contributed by atoms with Gasteiger partial charge in [-0.1, -0.05) is 366 Å². The number of rotatable bonds is 69. The van der Waals surface area contributed by atoms with E-state index in [1.807, 2.05) is 0 Å². The highest BCUT2D eigenvalue weighted by atomic mass is 16.5. The summed E-state index contributed by atoms with van der Waals surface area (Å²) in [7, 11) is 0. The Morgan fingerprint density at radius 3 is 0.950 bits per heavy atom. The van der Waals surface area contributed by atoms with Crippen LogP contribution in [0.1, 0.15) is 412 Å². The minimum Gasteiger partial charge on any atom is -0.466 e. The van der Waals surface area contributed by atoms with Crippen molar-refractivity contribution in [2.24, 2.45) is 0 Å². The van der Waals surface area contributed by atoms with E-state index in [-0.39, 0.29) is 18.5 Å². The van der Waals surface area contributed by atoms with Gasteiger partial charge in [-0.3, -0.25) is 9.59 Å². The van der Waals surface area contributed by atoms with E-state index in [4.69, 9.17) is 4.74 Å². The topological polar surface area (TPSA) is 95.9 Å². The molecular weight excluding hydrogens is 983 g/mol. The molecule has 0 aromatic carbocycles. The molecule has 6 heteroatoms. The second-order valence-corrected chi connectivity index (χ2v) is 25.3. The Bertz CT molecular complexity index is 1250. The third-order valence-electron chi connectivity index (χ3n) is 17.3. The van der Waals surface area contributed by atoms with E-state index in [0.29, 0.717) is 25.9 Å². The van der Waals surface area contributed by atoms with Gasteiger partial charge in [-0.2, -0.15) is 0 Å². The average Bonchev–Trinajstić information content (AvgIpc) is 3.46. The fourth-order valence-corrected chi connectivity index (χ4v) is 11.7. The van der Waals surface area contributed by atoms with Gasteiger partial charge in [-0.15, -0.1) is 0 Å². The van der Waals surface area contributed by atoms with Crippen LogP contribution in [0.3, 0.4) is 0 Å². The average molecular weight is 1130 g/mol. The van der Waals surface area contributed by atoms with Crippen LogP contribution >= 0.6 is 0 Å². The summed E-state index contributed by atoms with van der Waals surface area (Å²) in [4.78, 5) is 24.5. The number of aliphatic hydroxyl groups excluding tert-OH is 2. The lowest BCUT2D eigenvalue weighted by Crippen LogP contribution is -2.45. The largest absolute Gasteiger partial charge is 0.466 e. The quantitative estimate of drug-likeness (QED) is 0.0320. The summed E-state index contributed by atoms with van der Waals surface area (Å²) in [5.41, 5.74) is 0. The number of ether oxygens (including phenoxy) is 1. The Morgan fingerprint density at radius 1 is 0.350 bits per heavy atom. The highest BCUT2D eigenvalue weighted by Crippen LogP contribution is 2.19. The molecule has 2 atom stereocenters. The SMILES string of the molecule is CCCCCCCCCCCCCCCC(=O)OCCCCCCCCCCCCCCC/C=C\C/C=C\CCCCCCCCCCCCCCCCCCCC(=O)NC(CO)C(O)CCCCCCCCCCCCCCC. The molecule has 0 fully saturated rings. The van der Waals surface area contributed by atoms with Gasteiger partial charge in [0.1, 0.15) is 0 Å². The van der Waals surface area contributed by atoms with Crippen LogP contribution in [0, 0.1) is 0 Å². The second kappa shape index (κ2) is 69.8. The molecular formula is C74H143NO5. The molecule has 0 aromatic heterocycles. The van der Waals surface area contributed by atoms with Gasteiger partial charge in [0.25, 0.3) is 0 Å². The van der Waals surface area contributed by atoms with Crippen LogP contribution in [0.2, 0.25) is 0 Å². The lowest BCUT2D eigenvalue weighted by Gasteiger charge is -2.22. The lowest BCUT2D eigenvalue weighted by atomic mass is 10.0. The third kappa shape index (κ3) is 65.5. The smallest absolute Gasteiger partial charge is 0.305 e. The first-order valence-corrected chi connectivity index (χ1v) is 36.6. The number of esters is 1. The zero-order valence-electron chi connectivity index (χ0n) is 54.3. The lowest BCUT2D eigenvalue weighted by molar-refractivity contribution is -0.143. The Kier molecular flexibility index (Phi) is 68.4. The van der Waals surface area contributed by atoms with Crippen molar-refractivity contribution >= 4 is 11.9 Å². The Hall–Kier alpha value is -1.66. The number of nitrogens with one attached hydrogen (secondary N) is 1. The summed E-state index contributed by atoms with van der Waals surface area (Å²) < 4.78 is 5.49. The van der Waals surface area contributed by atoms with E-state index >= 15 is 0 Å². The van der Waals surface area contributed by atoms with Gasteiger partial charge < -0.3 is 20.3 Å². The molecule has 0 bridgehead atoms. The normalized spacial score (nSPS) is 12.6. The van der Waals surface area contributed by atoms with E-state index in [1.54, 1.807) is 0 Å². The molecule has 0 rings (SSSR count). The van der Waals surface area contributed by atoms with Gasteiger partial charge in [0, 0.05) is 12.8 Å². The first-order valence-electron chi connectivity index (χ1n) is 36.6. The van der Waals surface area contributed by atoms with E-state index in [0.717, 1.165) is 44.9 Å². The summed E-state index contributed by atoms with van der Waals surface area (Å²) in [5, 5.41) is 23.3. The minimum atomic E-state index is -0.661. The highest BCUT2D eigenvalue weighted by Gasteiger charge is 2.20. The molecule has 0 aliphatic heterocycles. The molecule has 0 saturated heterocycles. The molecule has 80 heavy (non-hydrogen) atoms. The van der Waals surface area contributed by atoms with E-state index in [2.05, 4.69) is 43.5 Å². The summed E-state index contributed by atoms with van der Waals surface area (Å²) >= 11 is 0. The molecule has 0 saturated carbocycles. The van der Waals surface area contributed by atoms with E-state index in [9.17, 15) is 19.8 Å². The van der Waals surface area contributed by atoms with Gasteiger partial charge in [0.05, 0.1) is 25.4 Å². The van der Waals surface area contributed by atoms with Gasteiger partial charge in [0.15, 0.2) is 0 Å². The maximum atomic E-state index is 12.5. The summed E-state index contributed by atoms with van der Waals surface area (Å²) in [6.07, 6.45) is 88.2. The zero-order valence-corrected chi connectivity index (χ0v) is 54.3. The van der Waals surface area contributed by atoms with Crippen molar-refractivity contribution in [1.29, 1.82) is 0 Å². The monoisotopic (exact) mass is 1130 g/mol. The van der Waals surface area contributed by atoms with Crippen molar-refractivity contribution in [2.75, 3.05) is 13.2 Å². The van der Waals surface area contributed by atoms with Crippen LogP contribution in [-0.2, 0) is 14.3 Å². The van der Waals surface area contributed by atoms with Gasteiger partial charge in [0.2, 0.25) is 5.91 Å². The standard InChI is InChI=1S/C74H143NO5/c1-3-5-7-9-11-13-15-42-46-50-54-58-62-66-72(77)71(70-76)75-73(78)67-63-59-55-51-47-44-40-38-36-34-32-30-28-26-24-22-20-18-17-19-21-23-25-27-29-31-33-35-37-39-41-45-49-53-57-61-65-69-80-74(79)68-64-60-56-52-48-43-16-14-12-10-8-6-4-2/h17,19,23,25,71-72,76-77H,3-16,18,20-22,24,26-70H2,1-2H3,(H,75,78)/b19-17-,25-23-. The second-order valence-electron chi connectivity index (χ2n) is 25.3. The molecule has 2 unspecified atom stereocenters. The number of hydrogen-bond donors (Lipinski definition) is 3. The minimum absolute atomic E-state index is 0.0209. The van der Waals surface area contributed by atoms with Gasteiger partial charge in [-0.25, -0.2) is 0 Å². The maximum absolute atomic E-state index is 12.5. The number of aliphatic hydroxyl groups is 2. The van der Waals surface area contributed by atoms with E-state index in [1.165, 1.54) is 334 Å². The van der Waals surface area contributed by atoms with Crippen molar-refractivity contribution < 1.29 is 24.5 Å². The predicted octanol–water partition coefficient (Wildman–Crippen LogP) is 23.7. The number of carbonyl (C=O) groups is 2. The zero-order chi connectivity index (χ0) is 57.8. The number of carbonyl (C=O) groups excluding carboxylic acids is 2. The Balaban J connectivity index is 3.34. The number of unbranched alkanes of at least 4 members (excludes halogenated alkanes) is 54. The van der Waals surface area contributed by atoms with Crippen LogP contribution in [0.4, 0.5) is 0 Å². The van der Waals surface area contributed by atoms with Crippen molar-refractivity contribution in [2.45, 2.75) is 424 Å². The maximum Gasteiger partial charge on any atom is 0.305 e. The fraction of sp³-hybridized carbons (Fsp3) is 0.919. The summed E-state index contributed by atoms with van der Waals surface area (Å²) in [6.45, 7) is 4.99. The van der Waals surface area contributed by atoms with Crippen LogP contribution in [0.15, 0.2) is 24.3 Å². The molecule has 0 aliphatic carbocycles. The van der Waals surface area contributed by atoms with Crippen LogP contribution in [0.5, 0.6) is 0 Å². The summed E-state index contributed by atoms with van der Waals surface area (Å²) in [6, 6.07) is -0.538. The van der Waals surface area contributed by atoms with Crippen LogP contribution in [0.25, 0.3) is 0 Å². The summed E-state index contributed by atoms with van der Waals surface area (Å²) in [5.74, 6) is -0.00908. The molecule has 0 heterocycles. The van der Waals surface area contributed by atoms with Gasteiger partial charge >= 0.3 is 5.97 Å². The van der Waals surface area contributed by atoms with Crippen molar-refractivity contribution in [3.63, 3.8) is 0 Å². The number of amides is 1. The molecule has 3 N–H and O–H groups in total. The van der Waals surface area contributed by atoms with Crippen molar-refractivity contribution in [3.05, 3.63) is 24.3 Å². The van der Waals surface area contributed by atoms with Crippen molar-refractivity contribution in [3.8, 4) is 0 Å². The van der Waals surface area contributed by atoms with Crippen molar-refractivity contribution in [1.82, 2.24) is 5.32 Å². The molecule has 0 aromatic rings. The molecule has 1 amide bonds.